The minimum absolute atomic E-state index is 0.102. The maximum absolute atomic E-state index is 12.6. The topological polar surface area (TPSA) is 151 Å². The van der Waals surface area contributed by atoms with E-state index in [9.17, 15) is 22.6 Å². The molecular formula is C22H20N2O8S2. The Balaban J connectivity index is 2.03. The highest BCUT2D eigenvalue weighted by Crippen LogP contribution is 2.38. The molecule has 10 nitrogen and oxygen atoms in total. The molecular weight excluding hydrogens is 484 g/mol. The molecule has 0 aliphatic rings. The predicted octanol–water partition coefficient (Wildman–Crippen LogP) is 4.53. The standard InChI is InChI=1S/C22H20N2O8S2/c1-13(25)14-4-3-5-15(10-14)22(26)24-17-7-9-19(21(12-17)34(28,29)30)18-8-6-16(23-2)11-20(18)33-32-31-27/h3-12,23,27H,1-2H3,(H,24,26)(H,28,29,30). The summed E-state index contributed by atoms with van der Waals surface area (Å²) in [4.78, 5) is 24.1. The van der Waals surface area contributed by atoms with Crippen LogP contribution in [0.1, 0.15) is 27.6 Å². The second-order valence-electron chi connectivity index (χ2n) is 6.96. The van der Waals surface area contributed by atoms with Crippen LogP contribution in [0.15, 0.2) is 70.5 Å². The quantitative estimate of drug-likeness (QED) is 0.108. The monoisotopic (exact) mass is 504 g/mol. The number of benzene rings is 3. The predicted molar refractivity (Wildman–Crippen MR) is 126 cm³/mol. The first-order chi connectivity index (χ1) is 16.1. The zero-order valence-electron chi connectivity index (χ0n) is 17.9. The molecule has 0 aliphatic carbocycles. The molecule has 3 rings (SSSR count). The van der Waals surface area contributed by atoms with Crippen molar-refractivity contribution in [1.82, 2.24) is 0 Å². The summed E-state index contributed by atoms with van der Waals surface area (Å²) in [6.45, 7) is 1.38. The summed E-state index contributed by atoms with van der Waals surface area (Å²) in [5, 5.41) is 17.6. The van der Waals surface area contributed by atoms with Crippen molar-refractivity contribution in [3.05, 3.63) is 71.8 Å². The lowest BCUT2D eigenvalue weighted by Gasteiger charge is -2.14. The van der Waals surface area contributed by atoms with Gasteiger partial charge in [-0.15, -0.1) is 4.33 Å². The van der Waals surface area contributed by atoms with Gasteiger partial charge in [-0.25, -0.2) is 5.26 Å². The van der Waals surface area contributed by atoms with E-state index in [0.29, 0.717) is 33.8 Å². The van der Waals surface area contributed by atoms with Crippen molar-refractivity contribution in [2.75, 3.05) is 17.7 Å². The Morgan fingerprint density at radius 3 is 2.26 bits per heavy atom. The van der Waals surface area contributed by atoms with E-state index in [0.717, 1.165) is 6.07 Å². The van der Waals surface area contributed by atoms with Crippen LogP contribution in [-0.4, -0.2) is 37.0 Å². The van der Waals surface area contributed by atoms with Crippen molar-refractivity contribution in [3.8, 4) is 11.1 Å². The van der Waals surface area contributed by atoms with Gasteiger partial charge < -0.3 is 10.6 Å². The molecule has 0 radical (unpaired) electrons. The molecule has 3 aromatic carbocycles. The van der Waals surface area contributed by atoms with Crippen molar-refractivity contribution in [2.45, 2.75) is 16.7 Å². The Labute approximate surface area is 199 Å². The second kappa shape index (κ2) is 10.8. The largest absolute Gasteiger partial charge is 0.388 e. The summed E-state index contributed by atoms with van der Waals surface area (Å²) in [5.41, 5.74) is 1.79. The van der Waals surface area contributed by atoms with Crippen LogP contribution in [0.25, 0.3) is 11.1 Å². The van der Waals surface area contributed by atoms with Gasteiger partial charge in [0.1, 0.15) is 4.90 Å². The van der Waals surface area contributed by atoms with Crippen molar-refractivity contribution >= 4 is 45.2 Å². The Morgan fingerprint density at radius 1 is 0.941 bits per heavy atom. The van der Waals surface area contributed by atoms with Gasteiger partial charge in [0.25, 0.3) is 16.0 Å². The van der Waals surface area contributed by atoms with E-state index in [-0.39, 0.29) is 22.6 Å². The van der Waals surface area contributed by atoms with Gasteiger partial charge in [-0.2, -0.15) is 8.42 Å². The fraction of sp³-hybridized carbons (Fsp3) is 0.0909. The highest BCUT2D eigenvalue weighted by molar-refractivity contribution is 7.94. The van der Waals surface area contributed by atoms with Crippen LogP contribution in [0.3, 0.4) is 0 Å². The summed E-state index contributed by atoms with van der Waals surface area (Å²) in [5.74, 6) is -0.776. The van der Waals surface area contributed by atoms with Crippen LogP contribution in [0, 0.1) is 0 Å². The van der Waals surface area contributed by atoms with E-state index in [1.165, 1.54) is 31.2 Å². The summed E-state index contributed by atoms with van der Waals surface area (Å²) in [7, 11) is -3.04. The molecule has 34 heavy (non-hydrogen) atoms. The Kier molecular flexibility index (Phi) is 8.04. The maximum atomic E-state index is 12.6. The van der Waals surface area contributed by atoms with Crippen molar-refractivity contribution < 1.29 is 37.2 Å². The number of Topliss-reactive ketones (excluding diaryl/α,β-unsaturated/α-hetero) is 1. The highest BCUT2D eigenvalue weighted by Gasteiger charge is 2.21. The van der Waals surface area contributed by atoms with Crippen LogP contribution in [-0.2, 0) is 19.5 Å². The van der Waals surface area contributed by atoms with Gasteiger partial charge in [0.15, 0.2) is 5.78 Å². The van der Waals surface area contributed by atoms with Crippen LogP contribution < -0.4 is 10.6 Å². The van der Waals surface area contributed by atoms with Crippen LogP contribution >= 0.6 is 12.0 Å². The maximum Gasteiger partial charge on any atom is 0.295 e. The van der Waals surface area contributed by atoms with Crippen LogP contribution in [0.2, 0.25) is 0 Å². The van der Waals surface area contributed by atoms with E-state index in [4.69, 9.17) is 5.26 Å². The van der Waals surface area contributed by atoms with Crippen molar-refractivity contribution in [1.29, 1.82) is 0 Å². The average molecular weight is 505 g/mol. The molecule has 178 valence electrons. The molecule has 0 fully saturated rings. The van der Waals surface area contributed by atoms with Gasteiger partial charge in [0.05, 0.1) is 12.0 Å². The fourth-order valence-corrected chi connectivity index (χ4v) is 4.42. The minimum atomic E-state index is -4.72. The second-order valence-corrected chi connectivity index (χ2v) is 9.10. The van der Waals surface area contributed by atoms with E-state index in [1.807, 2.05) is 0 Å². The first-order valence-electron chi connectivity index (χ1n) is 9.65. The molecule has 0 saturated heterocycles. The number of hydrogen-bond acceptors (Lipinski definition) is 9. The third-order valence-electron chi connectivity index (χ3n) is 4.76. The van der Waals surface area contributed by atoms with Crippen molar-refractivity contribution in [3.63, 3.8) is 0 Å². The van der Waals surface area contributed by atoms with E-state index in [2.05, 4.69) is 20.0 Å². The Morgan fingerprint density at radius 2 is 1.62 bits per heavy atom. The number of hydrogen-bond donors (Lipinski definition) is 4. The van der Waals surface area contributed by atoms with Gasteiger partial charge >= 0.3 is 0 Å². The lowest BCUT2D eigenvalue weighted by atomic mass is 10.0. The number of rotatable bonds is 9. The number of ketones is 1. The molecule has 0 saturated carbocycles. The summed E-state index contributed by atoms with van der Waals surface area (Å²) >= 11 is 0.621. The molecule has 4 N–H and O–H groups in total. The molecule has 0 aromatic heterocycles. The van der Waals surface area contributed by atoms with Gasteiger partial charge in [0.2, 0.25) is 0 Å². The van der Waals surface area contributed by atoms with E-state index < -0.39 is 20.9 Å². The number of carbonyl (C=O) groups is 2. The van der Waals surface area contributed by atoms with E-state index >= 15 is 0 Å². The summed E-state index contributed by atoms with van der Waals surface area (Å²) in [6, 6.07) is 14.9. The molecule has 0 spiro atoms. The molecule has 3 aromatic rings. The van der Waals surface area contributed by atoms with Gasteiger partial charge in [0, 0.05) is 40.0 Å². The molecule has 1 amide bonds. The van der Waals surface area contributed by atoms with Gasteiger partial charge in [-0.05, 0) is 48.9 Å². The Hall–Kier alpha value is -3.26. The zero-order valence-corrected chi connectivity index (χ0v) is 19.6. The molecule has 0 heterocycles. The molecule has 0 atom stereocenters. The number of carbonyl (C=O) groups excluding carboxylic acids is 2. The normalized spacial score (nSPS) is 11.2. The summed E-state index contributed by atoms with van der Waals surface area (Å²) < 4.78 is 38.8. The van der Waals surface area contributed by atoms with Crippen molar-refractivity contribution in [2.24, 2.45) is 0 Å². The number of anilines is 2. The van der Waals surface area contributed by atoms with E-state index in [1.54, 1.807) is 37.4 Å². The van der Waals surface area contributed by atoms with Gasteiger partial charge in [-0.1, -0.05) is 29.3 Å². The third-order valence-corrected chi connectivity index (χ3v) is 6.30. The number of amides is 1. The fourth-order valence-electron chi connectivity index (χ4n) is 3.14. The lowest BCUT2D eigenvalue weighted by Crippen LogP contribution is -2.13. The lowest BCUT2D eigenvalue weighted by molar-refractivity contribution is -0.432. The molecule has 0 unspecified atom stereocenters. The number of nitrogens with one attached hydrogen (secondary N) is 2. The first-order valence-corrected chi connectivity index (χ1v) is 11.8. The molecule has 0 aliphatic heterocycles. The molecule has 12 heteroatoms. The van der Waals surface area contributed by atoms with Crippen LogP contribution in [0.4, 0.5) is 11.4 Å². The van der Waals surface area contributed by atoms with Crippen LogP contribution in [0.5, 0.6) is 0 Å². The zero-order chi connectivity index (χ0) is 24.9. The first kappa shape index (κ1) is 25.4. The third kappa shape index (κ3) is 5.99. The average Bonchev–Trinajstić information content (AvgIpc) is 2.82. The highest BCUT2D eigenvalue weighted by atomic mass is 32.2. The smallest absolute Gasteiger partial charge is 0.295 e. The summed E-state index contributed by atoms with van der Waals surface area (Å²) in [6.07, 6.45) is 0. The SMILES string of the molecule is CNc1ccc(-c2ccc(NC(=O)c3cccc(C(C)=O)c3)cc2S(=O)(=O)O)c(SOOO)c1. The van der Waals surface area contributed by atoms with Gasteiger partial charge in [-0.3, -0.25) is 14.1 Å². The Bertz CT molecular complexity index is 1340. The minimum Gasteiger partial charge on any atom is -0.388 e. The molecule has 0 bridgehead atoms.